The lowest BCUT2D eigenvalue weighted by atomic mass is 9.95. The van der Waals surface area contributed by atoms with Crippen molar-refractivity contribution in [3.8, 4) is 0 Å². The number of hydrogen-bond acceptors (Lipinski definition) is 3. The highest BCUT2D eigenvalue weighted by atomic mass is 32.1. The summed E-state index contributed by atoms with van der Waals surface area (Å²) in [6, 6.07) is 3.25. The summed E-state index contributed by atoms with van der Waals surface area (Å²) < 4.78 is 5.87. The van der Waals surface area contributed by atoms with Gasteiger partial charge in [-0.1, -0.05) is 0 Å². The Balaban J connectivity index is 1.65. The molecule has 4 unspecified atom stereocenters. The van der Waals surface area contributed by atoms with Gasteiger partial charge in [-0.15, -0.1) is 11.3 Å². The molecule has 2 nitrogen and oxygen atoms in total. The Morgan fingerprint density at radius 2 is 2.38 bits per heavy atom. The Hall–Kier alpha value is -0.380. The van der Waals surface area contributed by atoms with Crippen LogP contribution >= 0.6 is 11.3 Å². The molecule has 3 rings (SSSR count). The highest BCUT2D eigenvalue weighted by Crippen LogP contribution is 2.36. The van der Waals surface area contributed by atoms with E-state index in [1.165, 1.54) is 29.7 Å². The van der Waals surface area contributed by atoms with E-state index < -0.39 is 0 Å². The van der Waals surface area contributed by atoms with Gasteiger partial charge in [0, 0.05) is 17.0 Å². The second-order valence-corrected chi connectivity index (χ2v) is 6.02. The van der Waals surface area contributed by atoms with Crippen molar-refractivity contribution in [3.05, 3.63) is 21.9 Å². The third kappa shape index (κ3) is 1.81. The first-order valence-corrected chi connectivity index (χ1v) is 7.07. The van der Waals surface area contributed by atoms with Crippen molar-refractivity contribution in [2.24, 2.45) is 0 Å². The molecule has 88 valence electrons. The predicted molar refractivity (Wildman–Crippen MR) is 66.9 cm³/mol. The Bertz CT molecular complexity index is 376. The fourth-order valence-corrected chi connectivity index (χ4v) is 3.98. The number of thiophene rings is 1. The van der Waals surface area contributed by atoms with E-state index in [1.807, 2.05) is 11.3 Å². The van der Waals surface area contributed by atoms with E-state index in [1.54, 1.807) is 0 Å². The van der Waals surface area contributed by atoms with Crippen molar-refractivity contribution in [1.82, 2.24) is 5.32 Å². The zero-order chi connectivity index (χ0) is 11.1. The van der Waals surface area contributed by atoms with Crippen LogP contribution in [0.3, 0.4) is 0 Å². The van der Waals surface area contributed by atoms with Gasteiger partial charge in [-0.2, -0.15) is 0 Å². The van der Waals surface area contributed by atoms with Gasteiger partial charge in [-0.05, 0) is 50.1 Å². The smallest absolute Gasteiger partial charge is 0.0733 e. The number of rotatable bonds is 3. The minimum Gasteiger partial charge on any atom is -0.373 e. The third-order valence-corrected chi connectivity index (χ3v) is 5.07. The van der Waals surface area contributed by atoms with Gasteiger partial charge in [0.2, 0.25) is 0 Å². The first-order valence-electron chi connectivity index (χ1n) is 6.19. The number of nitrogens with one attached hydrogen (secondary N) is 1. The molecule has 0 saturated carbocycles. The normalized spacial score (nSPS) is 34.5. The molecule has 4 atom stereocenters. The molecule has 0 amide bonds. The summed E-state index contributed by atoms with van der Waals surface area (Å²) in [6.07, 6.45) is 4.75. The molecule has 3 heteroatoms. The van der Waals surface area contributed by atoms with Crippen LogP contribution in [0, 0.1) is 6.92 Å². The second-order valence-electron chi connectivity index (χ2n) is 5.07. The van der Waals surface area contributed by atoms with Crippen molar-refractivity contribution < 1.29 is 4.74 Å². The highest BCUT2D eigenvalue weighted by Gasteiger charge is 2.41. The van der Waals surface area contributed by atoms with E-state index in [-0.39, 0.29) is 0 Å². The molecule has 3 heterocycles. The average Bonchev–Trinajstić information content (AvgIpc) is 2.92. The molecule has 2 saturated heterocycles. The van der Waals surface area contributed by atoms with Crippen LogP contribution in [0.2, 0.25) is 0 Å². The Kier molecular flexibility index (Phi) is 2.78. The molecule has 0 spiro atoms. The maximum Gasteiger partial charge on any atom is 0.0733 e. The zero-order valence-corrected chi connectivity index (χ0v) is 10.7. The van der Waals surface area contributed by atoms with Crippen LogP contribution in [0.5, 0.6) is 0 Å². The number of ether oxygens (including phenoxy) is 1. The molecular formula is C13H19NOS. The Labute approximate surface area is 101 Å². The minimum absolute atomic E-state index is 0.466. The largest absolute Gasteiger partial charge is 0.373 e. The van der Waals surface area contributed by atoms with Gasteiger partial charge in [-0.25, -0.2) is 0 Å². The fourth-order valence-electron chi connectivity index (χ4n) is 3.04. The van der Waals surface area contributed by atoms with E-state index in [0.717, 1.165) is 0 Å². The van der Waals surface area contributed by atoms with Crippen LogP contribution in [-0.4, -0.2) is 18.2 Å². The average molecular weight is 237 g/mol. The van der Waals surface area contributed by atoms with E-state index in [2.05, 4.69) is 30.6 Å². The maximum absolute atomic E-state index is 5.87. The standard InChI is InChI=1S/C13H19NOS/c1-8-5-6-16-13(8)9(2)14-11-7-10-3-4-12(11)15-10/h5-6,9-12,14H,3-4,7H2,1-2H3. The van der Waals surface area contributed by atoms with Gasteiger partial charge < -0.3 is 10.1 Å². The lowest BCUT2D eigenvalue weighted by Gasteiger charge is -2.24. The van der Waals surface area contributed by atoms with Crippen molar-refractivity contribution in [2.75, 3.05) is 0 Å². The minimum atomic E-state index is 0.466. The maximum atomic E-state index is 5.87. The fraction of sp³-hybridized carbons (Fsp3) is 0.692. The van der Waals surface area contributed by atoms with Crippen LogP contribution in [0.1, 0.15) is 42.7 Å². The molecule has 2 aliphatic heterocycles. The van der Waals surface area contributed by atoms with E-state index in [0.29, 0.717) is 24.3 Å². The molecule has 2 fully saturated rings. The van der Waals surface area contributed by atoms with Crippen LogP contribution in [0.25, 0.3) is 0 Å². The van der Waals surface area contributed by atoms with Crippen LogP contribution < -0.4 is 5.32 Å². The lowest BCUT2D eigenvalue weighted by molar-refractivity contribution is 0.0963. The summed E-state index contributed by atoms with van der Waals surface area (Å²) in [7, 11) is 0. The molecule has 2 bridgehead atoms. The molecule has 16 heavy (non-hydrogen) atoms. The molecule has 2 aliphatic rings. The Morgan fingerprint density at radius 1 is 1.50 bits per heavy atom. The van der Waals surface area contributed by atoms with Gasteiger partial charge >= 0.3 is 0 Å². The number of fused-ring (bicyclic) bond motifs is 2. The molecule has 0 aliphatic carbocycles. The van der Waals surface area contributed by atoms with E-state index in [9.17, 15) is 0 Å². The molecular weight excluding hydrogens is 218 g/mol. The highest BCUT2D eigenvalue weighted by molar-refractivity contribution is 7.10. The summed E-state index contributed by atoms with van der Waals surface area (Å²) in [4.78, 5) is 1.47. The van der Waals surface area contributed by atoms with E-state index >= 15 is 0 Å². The molecule has 1 aromatic rings. The van der Waals surface area contributed by atoms with Crippen LogP contribution in [-0.2, 0) is 4.74 Å². The van der Waals surface area contributed by atoms with Gasteiger partial charge in [0.05, 0.1) is 12.2 Å². The Morgan fingerprint density at radius 3 is 2.94 bits per heavy atom. The summed E-state index contributed by atoms with van der Waals surface area (Å²) in [5.74, 6) is 0. The topological polar surface area (TPSA) is 21.3 Å². The van der Waals surface area contributed by atoms with Gasteiger partial charge in [0.1, 0.15) is 0 Å². The van der Waals surface area contributed by atoms with Crippen molar-refractivity contribution in [3.63, 3.8) is 0 Å². The van der Waals surface area contributed by atoms with Gasteiger partial charge in [-0.3, -0.25) is 0 Å². The van der Waals surface area contributed by atoms with Gasteiger partial charge in [0.15, 0.2) is 0 Å². The monoisotopic (exact) mass is 237 g/mol. The first-order chi connectivity index (χ1) is 7.74. The van der Waals surface area contributed by atoms with Crippen molar-refractivity contribution in [2.45, 2.75) is 57.4 Å². The zero-order valence-electron chi connectivity index (χ0n) is 9.90. The summed E-state index contributed by atoms with van der Waals surface area (Å²) >= 11 is 1.86. The summed E-state index contributed by atoms with van der Waals surface area (Å²) in [5, 5.41) is 5.92. The SMILES string of the molecule is Cc1ccsc1C(C)NC1CC2CCC1O2. The second kappa shape index (κ2) is 4.13. The quantitative estimate of drug-likeness (QED) is 0.872. The van der Waals surface area contributed by atoms with E-state index in [4.69, 9.17) is 4.74 Å². The molecule has 0 radical (unpaired) electrons. The predicted octanol–water partition coefficient (Wildman–Crippen LogP) is 3.03. The summed E-state index contributed by atoms with van der Waals surface area (Å²) in [6.45, 7) is 4.46. The van der Waals surface area contributed by atoms with Gasteiger partial charge in [0.25, 0.3) is 0 Å². The molecule has 0 aromatic carbocycles. The van der Waals surface area contributed by atoms with Crippen LogP contribution in [0.4, 0.5) is 0 Å². The molecule has 1 N–H and O–H groups in total. The van der Waals surface area contributed by atoms with Crippen molar-refractivity contribution >= 4 is 11.3 Å². The number of aryl methyl sites for hydroxylation is 1. The lowest BCUT2D eigenvalue weighted by Crippen LogP contribution is -2.38. The van der Waals surface area contributed by atoms with Crippen molar-refractivity contribution in [1.29, 1.82) is 0 Å². The summed E-state index contributed by atoms with van der Waals surface area (Å²) in [5.41, 5.74) is 1.41. The molecule has 1 aromatic heterocycles. The van der Waals surface area contributed by atoms with Crippen LogP contribution in [0.15, 0.2) is 11.4 Å². The third-order valence-electron chi connectivity index (χ3n) is 3.87. The number of hydrogen-bond donors (Lipinski definition) is 1. The first kappa shape index (κ1) is 10.8.